The molecule has 0 saturated carbocycles. The molecule has 0 bridgehead atoms. The summed E-state index contributed by atoms with van der Waals surface area (Å²) in [4.78, 5) is 22.0. The molecule has 7 heteroatoms. The predicted octanol–water partition coefficient (Wildman–Crippen LogP) is 3.16. The average Bonchev–Trinajstić information content (AvgIpc) is 3.16. The number of amides is 1. The number of rotatable bonds is 5. The Morgan fingerprint density at radius 2 is 1.81 bits per heavy atom. The highest BCUT2D eigenvalue weighted by Gasteiger charge is 2.25. The Morgan fingerprint density at radius 1 is 1.12 bits per heavy atom. The normalized spacial score (nSPS) is 11.5. The van der Waals surface area contributed by atoms with Crippen LogP contribution < -0.4 is 4.90 Å². The van der Waals surface area contributed by atoms with E-state index in [1.54, 1.807) is 34.2 Å². The van der Waals surface area contributed by atoms with Crippen LogP contribution in [0, 0.1) is 20.8 Å². The molecule has 2 aromatic heterocycles. The van der Waals surface area contributed by atoms with E-state index in [0.29, 0.717) is 12.2 Å². The Morgan fingerprint density at radius 3 is 2.38 bits per heavy atom. The van der Waals surface area contributed by atoms with Gasteiger partial charge in [0.25, 0.3) is 5.91 Å². The second-order valence-corrected chi connectivity index (χ2v) is 7.91. The number of nitrogens with zero attached hydrogens (tertiary/aromatic N) is 5. The summed E-state index contributed by atoms with van der Waals surface area (Å²) in [5.41, 5.74) is 4.78. The van der Waals surface area contributed by atoms with E-state index in [4.69, 9.17) is 4.98 Å². The van der Waals surface area contributed by atoms with Gasteiger partial charge >= 0.3 is 0 Å². The molecule has 6 nitrogen and oxygen atoms in total. The van der Waals surface area contributed by atoms with Gasteiger partial charge in [-0.3, -0.25) is 14.4 Å². The van der Waals surface area contributed by atoms with Gasteiger partial charge < -0.3 is 4.90 Å². The predicted molar refractivity (Wildman–Crippen MR) is 107 cm³/mol. The molecule has 0 saturated heterocycles. The number of benzene rings is 1. The van der Waals surface area contributed by atoms with E-state index >= 15 is 0 Å². The fraction of sp³-hybridized carbons (Fsp3) is 0.421. The maximum absolute atomic E-state index is 13.3. The van der Waals surface area contributed by atoms with Gasteiger partial charge in [0, 0.05) is 20.1 Å². The molecular weight excluding hydrogens is 346 g/mol. The first-order chi connectivity index (χ1) is 12.3. The number of likely N-dealkylation sites (N-methyl/N-ethyl adjacent to an activating group) is 1. The number of aryl methyl sites for hydroxylation is 4. The highest BCUT2D eigenvalue weighted by Crippen LogP contribution is 2.33. The Labute approximate surface area is 158 Å². The minimum atomic E-state index is -0.0567. The first-order valence-electron chi connectivity index (χ1n) is 8.61. The number of carbonyl (C=O) groups excluding carboxylic acids is 1. The largest absolute Gasteiger partial charge is 0.308 e. The number of thiazole rings is 1. The summed E-state index contributed by atoms with van der Waals surface area (Å²) in [6, 6.07) is 4.19. The third kappa shape index (κ3) is 3.37. The second kappa shape index (κ2) is 7.17. The molecule has 0 fully saturated rings. The molecule has 3 rings (SSSR count). The van der Waals surface area contributed by atoms with E-state index < -0.39 is 0 Å². The zero-order valence-electron chi connectivity index (χ0n) is 16.2. The molecule has 138 valence electrons. The van der Waals surface area contributed by atoms with Crippen LogP contribution in [0.4, 0.5) is 5.13 Å². The summed E-state index contributed by atoms with van der Waals surface area (Å²) in [5, 5.41) is 4.96. The summed E-state index contributed by atoms with van der Waals surface area (Å²) in [6.07, 6.45) is 1.73. The van der Waals surface area contributed by atoms with Crippen LogP contribution in [0.3, 0.4) is 0 Å². The molecule has 0 aliphatic rings. The van der Waals surface area contributed by atoms with Gasteiger partial charge in [-0.15, -0.1) is 0 Å². The van der Waals surface area contributed by atoms with Gasteiger partial charge in [0.05, 0.1) is 16.4 Å². The minimum Gasteiger partial charge on any atom is -0.308 e. The van der Waals surface area contributed by atoms with E-state index in [1.807, 2.05) is 21.0 Å². The summed E-state index contributed by atoms with van der Waals surface area (Å²) < 4.78 is 2.79. The molecule has 0 atom stereocenters. The molecule has 0 spiro atoms. The van der Waals surface area contributed by atoms with Crippen LogP contribution in [0.25, 0.3) is 10.2 Å². The lowest BCUT2D eigenvalue weighted by molar-refractivity contribution is 0.0975. The number of anilines is 1. The van der Waals surface area contributed by atoms with Crippen molar-refractivity contribution >= 4 is 32.6 Å². The number of hydrogen-bond donors (Lipinski definition) is 0. The molecule has 0 radical (unpaired) electrons. The number of carbonyl (C=O) groups is 1. The van der Waals surface area contributed by atoms with Crippen molar-refractivity contribution in [1.82, 2.24) is 19.7 Å². The lowest BCUT2D eigenvalue weighted by Gasteiger charge is -2.22. The van der Waals surface area contributed by atoms with E-state index in [2.05, 4.69) is 36.0 Å². The monoisotopic (exact) mass is 371 g/mol. The van der Waals surface area contributed by atoms with Gasteiger partial charge in [0.2, 0.25) is 0 Å². The Balaban J connectivity index is 2.08. The topological polar surface area (TPSA) is 54.3 Å². The van der Waals surface area contributed by atoms with Crippen molar-refractivity contribution < 1.29 is 4.79 Å². The van der Waals surface area contributed by atoms with Gasteiger partial charge in [0.1, 0.15) is 5.69 Å². The van der Waals surface area contributed by atoms with Gasteiger partial charge in [-0.05, 0) is 51.6 Å². The Hall–Kier alpha value is -2.25. The van der Waals surface area contributed by atoms with Crippen LogP contribution in [0.5, 0.6) is 0 Å². The molecule has 3 aromatic rings. The van der Waals surface area contributed by atoms with Crippen molar-refractivity contribution in [2.75, 3.05) is 32.1 Å². The molecule has 0 N–H and O–H groups in total. The molecular formula is C19H25N5OS. The third-order valence-corrected chi connectivity index (χ3v) is 5.72. The van der Waals surface area contributed by atoms with Crippen molar-refractivity contribution in [2.45, 2.75) is 20.8 Å². The van der Waals surface area contributed by atoms with Crippen LogP contribution in [0.15, 0.2) is 18.3 Å². The van der Waals surface area contributed by atoms with E-state index in [9.17, 15) is 4.79 Å². The van der Waals surface area contributed by atoms with Crippen LogP contribution in [0.1, 0.15) is 27.2 Å². The van der Waals surface area contributed by atoms with E-state index in [-0.39, 0.29) is 5.91 Å². The lowest BCUT2D eigenvalue weighted by Crippen LogP contribution is -2.38. The Kier molecular flexibility index (Phi) is 5.11. The summed E-state index contributed by atoms with van der Waals surface area (Å²) >= 11 is 1.58. The van der Waals surface area contributed by atoms with Crippen molar-refractivity contribution in [3.05, 3.63) is 40.7 Å². The highest BCUT2D eigenvalue weighted by atomic mass is 32.1. The number of aromatic nitrogens is 3. The summed E-state index contributed by atoms with van der Waals surface area (Å²) in [5.74, 6) is -0.0567. The van der Waals surface area contributed by atoms with Crippen LogP contribution in [-0.4, -0.2) is 52.8 Å². The fourth-order valence-electron chi connectivity index (χ4n) is 2.93. The highest BCUT2D eigenvalue weighted by molar-refractivity contribution is 7.22. The number of fused-ring (bicyclic) bond motifs is 1. The Bertz CT molecular complexity index is 898. The molecule has 26 heavy (non-hydrogen) atoms. The standard InChI is InChI=1S/C19H25N5OS/c1-12-7-8-13(2)17-15(12)21-19(26-17)24(10-9-22(4)5)18(25)16-14(3)11-20-23(16)6/h7-8,11H,9-10H2,1-6H3. The average molecular weight is 372 g/mol. The third-order valence-electron chi connectivity index (χ3n) is 4.50. The summed E-state index contributed by atoms with van der Waals surface area (Å²) in [6.45, 7) is 7.39. The second-order valence-electron chi connectivity index (χ2n) is 6.93. The van der Waals surface area contributed by atoms with Crippen molar-refractivity contribution in [3.8, 4) is 0 Å². The molecule has 2 heterocycles. The van der Waals surface area contributed by atoms with Gasteiger partial charge in [-0.1, -0.05) is 23.5 Å². The molecule has 0 unspecified atom stereocenters. The number of hydrogen-bond acceptors (Lipinski definition) is 5. The SMILES string of the molecule is Cc1cnn(C)c1C(=O)N(CCN(C)C)c1nc2c(C)ccc(C)c2s1. The van der Waals surface area contributed by atoms with Crippen LogP contribution >= 0.6 is 11.3 Å². The van der Waals surface area contributed by atoms with E-state index in [1.165, 1.54) is 5.56 Å². The lowest BCUT2D eigenvalue weighted by atomic mass is 10.1. The van der Waals surface area contributed by atoms with Crippen molar-refractivity contribution in [2.24, 2.45) is 7.05 Å². The van der Waals surface area contributed by atoms with Gasteiger partial charge in [-0.25, -0.2) is 4.98 Å². The molecule has 1 aromatic carbocycles. The maximum Gasteiger partial charge on any atom is 0.278 e. The van der Waals surface area contributed by atoms with Crippen molar-refractivity contribution in [3.63, 3.8) is 0 Å². The molecule has 0 aliphatic carbocycles. The zero-order valence-corrected chi connectivity index (χ0v) is 17.0. The van der Waals surface area contributed by atoms with Crippen LogP contribution in [0.2, 0.25) is 0 Å². The quantitative estimate of drug-likeness (QED) is 0.691. The fourth-order valence-corrected chi connectivity index (χ4v) is 4.07. The molecule has 0 aliphatic heterocycles. The first kappa shape index (κ1) is 18.5. The van der Waals surface area contributed by atoms with Crippen molar-refractivity contribution in [1.29, 1.82) is 0 Å². The van der Waals surface area contributed by atoms with Gasteiger partial charge in [-0.2, -0.15) is 5.10 Å². The smallest absolute Gasteiger partial charge is 0.278 e. The molecule has 1 amide bonds. The van der Waals surface area contributed by atoms with Crippen LogP contribution in [-0.2, 0) is 7.05 Å². The summed E-state index contributed by atoms with van der Waals surface area (Å²) in [7, 11) is 5.81. The van der Waals surface area contributed by atoms with E-state index in [0.717, 1.165) is 33.0 Å². The minimum absolute atomic E-state index is 0.0567. The van der Waals surface area contributed by atoms with Gasteiger partial charge in [0.15, 0.2) is 5.13 Å². The first-order valence-corrected chi connectivity index (χ1v) is 9.43. The zero-order chi connectivity index (χ0) is 19.0. The maximum atomic E-state index is 13.3.